The van der Waals surface area contributed by atoms with E-state index in [1.807, 2.05) is 24.4 Å². The van der Waals surface area contributed by atoms with Crippen LogP contribution in [0, 0.1) is 5.92 Å². The van der Waals surface area contributed by atoms with E-state index >= 15 is 0 Å². The molecule has 0 amide bonds. The van der Waals surface area contributed by atoms with Crippen molar-refractivity contribution in [2.24, 2.45) is 5.92 Å². The Morgan fingerprint density at radius 2 is 1.96 bits per heavy atom. The first kappa shape index (κ1) is 19.3. The Morgan fingerprint density at radius 3 is 2.71 bits per heavy atom. The van der Waals surface area contributed by atoms with Gasteiger partial charge in [-0.05, 0) is 55.9 Å². The predicted octanol–water partition coefficient (Wildman–Crippen LogP) is 5.34. The van der Waals surface area contributed by atoms with E-state index in [2.05, 4.69) is 23.1 Å². The Hall–Kier alpha value is -2.05. The summed E-state index contributed by atoms with van der Waals surface area (Å²) in [6.45, 7) is 3.24. The Morgan fingerprint density at radius 1 is 1.11 bits per heavy atom. The number of anilines is 1. The highest BCUT2D eigenvalue weighted by molar-refractivity contribution is 7.21. The summed E-state index contributed by atoms with van der Waals surface area (Å²) in [6.07, 6.45) is 5.60. The number of aromatic nitrogens is 2. The molecule has 0 saturated carbocycles. The second-order valence-corrected chi connectivity index (χ2v) is 8.32. The molecule has 2 aromatic heterocycles. The highest BCUT2D eigenvalue weighted by Gasteiger charge is 2.20. The van der Waals surface area contributed by atoms with E-state index in [-0.39, 0.29) is 6.67 Å². The normalized spacial score (nSPS) is 15.4. The van der Waals surface area contributed by atoms with Crippen LogP contribution in [-0.4, -0.2) is 42.9 Å². The lowest BCUT2D eigenvalue weighted by atomic mass is 9.98. The zero-order valence-electron chi connectivity index (χ0n) is 16.0. The first-order chi connectivity index (χ1) is 13.8. The van der Waals surface area contributed by atoms with Crippen molar-refractivity contribution in [1.82, 2.24) is 9.97 Å². The fraction of sp³-hybridized carbons (Fsp3) is 0.455. The molecule has 0 aliphatic carbocycles. The number of benzene rings is 1. The minimum Gasteiger partial charge on any atom is -0.381 e. The monoisotopic (exact) mass is 399 g/mol. The van der Waals surface area contributed by atoms with Gasteiger partial charge in [0.15, 0.2) is 0 Å². The molecule has 28 heavy (non-hydrogen) atoms. The first-order valence-electron chi connectivity index (χ1n) is 10.0. The Balaban J connectivity index is 1.30. The van der Waals surface area contributed by atoms with Crippen LogP contribution >= 0.6 is 11.3 Å². The number of hydrogen-bond acceptors (Lipinski definition) is 5. The number of unbranched alkanes of at least 4 members (excludes halogenated alkanes) is 1. The van der Waals surface area contributed by atoms with Crippen molar-refractivity contribution in [2.45, 2.75) is 25.7 Å². The van der Waals surface area contributed by atoms with Crippen LogP contribution in [0.4, 0.5) is 10.2 Å². The zero-order chi connectivity index (χ0) is 19.2. The van der Waals surface area contributed by atoms with Crippen molar-refractivity contribution in [3.8, 4) is 10.6 Å². The summed E-state index contributed by atoms with van der Waals surface area (Å²) in [5, 5.41) is 1.02. The third-order valence-electron chi connectivity index (χ3n) is 5.25. The van der Waals surface area contributed by atoms with Gasteiger partial charge in [-0.3, -0.25) is 4.39 Å². The van der Waals surface area contributed by atoms with E-state index in [0.717, 1.165) is 60.9 Å². The number of thiazole rings is 1. The Kier molecular flexibility index (Phi) is 6.49. The van der Waals surface area contributed by atoms with Crippen LogP contribution in [-0.2, 0) is 4.74 Å². The quantitative estimate of drug-likeness (QED) is 0.479. The van der Waals surface area contributed by atoms with Crippen LogP contribution in [0.15, 0.2) is 42.6 Å². The second kappa shape index (κ2) is 9.43. The van der Waals surface area contributed by atoms with Gasteiger partial charge in [0.25, 0.3) is 0 Å². The molecule has 0 atom stereocenters. The van der Waals surface area contributed by atoms with Crippen molar-refractivity contribution < 1.29 is 9.13 Å². The van der Waals surface area contributed by atoms with Gasteiger partial charge in [0.2, 0.25) is 0 Å². The maximum atomic E-state index is 12.1. The summed E-state index contributed by atoms with van der Waals surface area (Å²) in [4.78, 5) is 11.8. The van der Waals surface area contributed by atoms with Gasteiger partial charge in [-0.1, -0.05) is 12.1 Å². The standard InChI is InChI=1S/C22H26FN3OS/c23-11-3-4-14-27-16-17-9-12-26(13-10-17)21-8-7-18(15-24-21)22-25-19-5-1-2-6-20(19)28-22/h1-2,5-8,15,17H,3-4,9-14,16H2. The third kappa shape index (κ3) is 4.67. The largest absolute Gasteiger partial charge is 0.381 e. The number of ether oxygens (including phenoxy) is 1. The van der Waals surface area contributed by atoms with Crippen molar-refractivity contribution in [3.05, 3.63) is 42.6 Å². The topological polar surface area (TPSA) is 38.2 Å². The predicted molar refractivity (Wildman–Crippen MR) is 114 cm³/mol. The molecule has 3 heterocycles. The summed E-state index contributed by atoms with van der Waals surface area (Å²) in [5.41, 5.74) is 2.11. The number of piperidine rings is 1. The molecule has 1 aliphatic rings. The van der Waals surface area contributed by atoms with Gasteiger partial charge in [0.1, 0.15) is 10.8 Å². The Bertz CT molecular complexity index is 842. The van der Waals surface area contributed by atoms with Gasteiger partial charge in [-0.2, -0.15) is 0 Å². The minimum atomic E-state index is -0.244. The molecule has 0 unspecified atom stereocenters. The van der Waals surface area contributed by atoms with Crippen molar-refractivity contribution >= 4 is 27.4 Å². The molecule has 148 valence electrons. The number of para-hydroxylation sites is 1. The number of alkyl halides is 1. The number of rotatable bonds is 8. The van der Waals surface area contributed by atoms with Crippen molar-refractivity contribution in [3.63, 3.8) is 0 Å². The molecular formula is C22H26FN3OS. The second-order valence-electron chi connectivity index (χ2n) is 7.29. The van der Waals surface area contributed by atoms with E-state index in [9.17, 15) is 4.39 Å². The molecule has 0 radical (unpaired) electrons. The van der Waals surface area contributed by atoms with E-state index in [0.29, 0.717) is 18.9 Å². The van der Waals surface area contributed by atoms with Crippen LogP contribution in [0.25, 0.3) is 20.8 Å². The molecule has 4 rings (SSSR count). The van der Waals surface area contributed by atoms with E-state index < -0.39 is 0 Å². The molecule has 1 saturated heterocycles. The van der Waals surface area contributed by atoms with E-state index in [1.165, 1.54) is 4.70 Å². The number of halogens is 1. The molecule has 6 heteroatoms. The van der Waals surface area contributed by atoms with E-state index in [4.69, 9.17) is 14.7 Å². The van der Waals surface area contributed by atoms with Crippen LogP contribution in [0.5, 0.6) is 0 Å². The molecule has 1 fully saturated rings. The van der Waals surface area contributed by atoms with Gasteiger partial charge >= 0.3 is 0 Å². The van der Waals surface area contributed by atoms with E-state index in [1.54, 1.807) is 11.3 Å². The smallest absolute Gasteiger partial charge is 0.128 e. The summed E-state index contributed by atoms with van der Waals surface area (Å²) in [5.74, 6) is 1.64. The summed E-state index contributed by atoms with van der Waals surface area (Å²) in [6, 6.07) is 12.4. The molecule has 0 spiro atoms. The lowest BCUT2D eigenvalue weighted by Crippen LogP contribution is -2.35. The third-order valence-corrected chi connectivity index (χ3v) is 6.34. The molecule has 0 bridgehead atoms. The number of pyridine rings is 1. The fourth-order valence-electron chi connectivity index (χ4n) is 3.57. The van der Waals surface area contributed by atoms with Gasteiger partial charge in [-0.15, -0.1) is 11.3 Å². The molecular weight excluding hydrogens is 373 g/mol. The number of nitrogens with zero attached hydrogens (tertiary/aromatic N) is 3. The van der Waals surface area contributed by atoms with Gasteiger partial charge in [0, 0.05) is 38.1 Å². The van der Waals surface area contributed by atoms with Crippen molar-refractivity contribution in [2.75, 3.05) is 37.9 Å². The molecule has 1 aliphatic heterocycles. The van der Waals surface area contributed by atoms with Crippen LogP contribution in [0.1, 0.15) is 25.7 Å². The average Bonchev–Trinajstić information content (AvgIpc) is 3.19. The lowest BCUT2D eigenvalue weighted by molar-refractivity contribution is 0.0866. The average molecular weight is 400 g/mol. The van der Waals surface area contributed by atoms with Crippen LogP contribution < -0.4 is 4.90 Å². The lowest BCUT2D eigenvalue weighted by Gasteiger charge is -2.32. The molecule has 0 N–H and O–H groups in total. The first-order valence-corrected chi connectivity index (χ1v) is 10.9. The highest BCUT2D eigenvalue weighted by Crippen LogP contribution is 2.30. The number of hydrogen-bond donors (Lipinski definition) is 0. The van der Waals surface area contributed by atoms with Gasteiger partial charge in [-0.25, -0.2) is 9.97 Å². The number of fused-ring (bicyclic) bond motifs is 1. The Labute approximate surface area is 169 Å². The van der Waals surface area contributed by atoms with Crippen LogP contribution in [0.2, 0.25) is 0 Å². The zero-order valence-corrected chi connectivity index (χ0v) is 16.8. The summed E-state index contributed by atoms with van der Waals surface area (Å²) in [7, 11) is 0. The van der Waals surface area contributed by atoms with Gasteiger partial charge in [0.05, 0.1) is 16.9 Å². The SMILES string of the molecule is FCCCCOCC1CCN(c2ccc(-c3nc4ccccc4s3)cn2)CC1. The van der Waals surface area contributed by atoms with Gasteiger partial charge < -0.3 is 9.64 Å². The highest BCUT2D eigenvalue weighted by atomic mass is 32.1. The molecule has 1 aromatic carbocycles. The minimum absolute atomic E-state index is 0.244. The fourth-order valence-corrected chi connectivity index (χ4v) is 4.53. The summed E-state index contributed by atoms with van der Waals surface area (Å²) >= 11 is 1.71. The molecule has 3 aromatic rings. The van der Waals surface area contributed by atoms with Crippen molar-refractivity contribution in [1.29, 1.82) is 0 Å². The maximum Gasteiger partial charge on any atom is 0.128 e. The maximum absolute atomic E-state index is 12.1. The summed E-state index contributed by atoms with van der Waals surface area (Å²) < 4.78 is 19.0. The van der Waals surface area contributed by atoms with Crippen LogP contribution in [0.3, 0.4) is 0 Å². The molecule has 4 nitrogen and oxygen atoms in total.